The third kappa shape index (κ3) is 4.72. The summed E-state index contributed by atoms with van der Waals surface area (Å²) in [6, 6.07) is 13.2. The third-order valence-electron chi connectivity index (χ3n) is 6.10. The Hall–Kier alpha value is -3.36. The molecule has 1 amide bonds. The van der Waals surface area contributed by atoms with Crippen LogP contribution in [0.4, 0.5) is 0 Å². The standard InChI is InChI=1S/C25H28N2O6/c1-31-19-7-3-17(4-8-19)22-21(23(28)18-5-9-20(32-2)10-6-18)24(29)25(30)27(22)12-11-26-13-15-33-16-14-26/h3-10,22,28H,11-16H2,1-2H3/b23-21+/t22-/m0/s1. The van der Waals surface area contributed by atoms with Crippen molar-refractivity contribution in [1.29, 1.82) is 0 Å². The van der Waals surface area contributed by atoms with Crippen LogP contribution in [-0.2, 0) is 14.3 Å². The Balaban J connectivity index is 1.72. The monoisotopic (exact) mass is 452 g/mol. The van der Waals surface area contributed by atoms with E-state index in [0.717, 1.165) is 18.7 Å². The predicted molar refractivity (Wildman–Crippen MR) is 122 cm³/mol. The number of carbonyl (C=O) groups is 2. The number of ketones is 1. The summed E-state index contributed by atoms with van der Waals surface area (Å²) in [4.78, 5) is 30.0. The minimum atomic E-state index is -0.695. The number of hydrogen-bond donors (Lipinski definition) is 1. The number of likely N-dealkylation sites (tertiary alicyclic amines) is 1. The van der Waals surface area contributed by atoms with Crippen molar-refractivity contribution in [3.8, 4) is 11.5 Å². The molecule has 33 heavy (non-hydrogen) atoms. The number of methoxy groups -OCH3 is 2. The molecule has 2 aliphatic heterocycles. The van der Waals surface area contributed by atoms with Crippen molar-refractivity contribution in [3.05, 3.63) is 65.2 Å². The molecule has 2 aromatic rings. The maximum Gasteiger partial charge on any atom is 0.295 e. The van der Waals surface area contributed by atoms with Crippen molar-refractivity contribution in [2.45, 2.75) is 6.04 Å². The molecule has 2 aliphatic rings. The van der Waals surface area contributed by atoms with Crippen molar-refractivity contribution in [2.24, 2.45) is 0 Å². The summed E-state index contributed by atoms with van der Waals surface area (Å²) in [5, 5.41) is 11.1. The van der Waals surface area contributed by atoms with Crippen LogP contribution in [-0.4, -0.2) is 80.2 Å². The summed E-state index contributed by atoms with van der Waals surface area (Å²) in [7, 11) is 3.13. The lowest BCUT2D eigenvalue weighted by atomic mass is 9.95. The van der Waals surface area contributed by atoms with Crippen LogP contribution in [0.15, 0.2) is 54.1 Å². The summed E-state index contributed by atoms with van der Waals surface area (Å²) in [5.41, 5.74) is 1.25. The van der Waals surface area contributed by atoms with Crippen molar-refractivity contribution >= 4 is 17.4 Å². The first-order chi connectivity index (χ1) is 16.0. The molecular weight excluding hydrogens is 424 g/mol. The summed E-state index contributed by atoms with van der Waals surface area (Å²) in [5.74, 6) is -0.209. The highest BCUT2D eigenvalue weighted by molar-refractivity contribution is 6.46. The number of hydrogen-bond acceptors (Lipinski definition) is 7. The first-order valence-corrected chi connectivity index (χ1v) is 10.9. The fourth-order valence-corrected chi connectivity index (χ4v) is 4.22. The number of aliphatic hydroxyl groups is 1. The Morgan fingerprint density at radius 2 is 1.52 bits per heavy atom. The van der Waals surface area contributed by atoms with Gasteiger partial charge in [-0.2, -0.15) is 0 Å². The van der Waals surface area contributed by atoms with Gasteiger partial charge in [-0.05, 0) is 42.0 Å². The Bertz CT molecular complexity index is 1030. The van der Waals surface area contributed by atoms with E-state index < -0.39 is 17.7 Å². The molecule has 8 heteroatoms. The van der Waals surface area contributed by atoms with Crippen LogP contribution in [0.2, 0.25) is 0 Å². The quantitative estimate of drug-likeness (QED) is 0.392. The number of nitrogens with zero attached hydrogens (tertiary/aromatic N) is 2. The number of morpholine rings is 1. The number of ether oxygens (including phenoxy) is 3. The number of benzene rings is 2. The first kappa shape index (κ1) is 22.8. The lowest BCUT2D eigenvalue weighted by Crippen LogP contribution is -2.42. The van der Waals surface area contributed by atoms with E-state index in [0.29, 0.717) is 43.4 Å². The molecular formula is C25H28N2O6. The molecule has 174 valence electrons. The number of aliphatic hydroxyl groups excluding tert-OH is 1. The van der Waals surface area contributed by atoms with E-state index in [1.165, 1.54) is 0 Å². The maximum atomic E-state index is 13.1. The van der Waals surface area contributed by atoms with Crippen LogP contribution in [0, 0.1) is 0 Å². The van der Waals surface area contributed by atoms with E-state index in [-0.39, 0.29) is 11.3 Å². The van der Waals surface area contributed by atoms with Crippen molar-refractivity contribution in [2.75, 3.05) is 53.6 Å². The molecule has 0 spiro atoms. The second-order valence-corrected chi connectivity index (χ2v) is 7.95. The molecule has 4 rings (SSSR count). The zero-order valence-corrected chi connectivity index (χ0v) is 18.8. The van der Waals surface area contributed by atoms with Gasteiger partial charge in [-0.1, -0.05) is 12.1 Å². The average molecular weight is 453 g/mol. The van der Waals surface area contributed by atoms with E-state index in [9.17, 15) is 14.7 Å². The number of Topliss-reactive ketones (excluding diaryl/α,β-unsaturated/α-hetero) is 1. The molecule has 2 heterocycles. The Labute approximate surface area is 193 Å². The molecule has 8 nitrogen and oxygen atoms in total. The SMILES string of the molecule is COc1ccc(/C(O)=C2\C(=O)C(=O)N(CCN3CCOCC3)[C@H]2c2ccc(OC)cc2)cc1. The van der Waals surface area contributed by atoms with Crippen LogP contribution in [0.25, 0.3) is 5.76 Å². The Kier molecular flexibility index (Phi) is 6.96. The fraction of sp³-hybridized carbons (Fsp3) is 0.360. The maximum absolute atomic E-state index is 13.1. The number of amides is 1. The highest BCUT2D eigenvalue weighted by atomic mass is 16.5. The van der Waals surface area contributed by atoms with Gasteiger partial charge in [-0.15, -0.1) is 0 Å². The molecule has 0 saturated carbocycles. The molecule has 0 unspecified atom stereocenters. The highest BCUT2D eigenvalue weighted by Crippen LogP contribution is 2.39. The molecule has 0 bridgehead atoms. The van der Waals surface area contributed by atoms with Gasteiger partial charge in [0, 0.05) is 31.7 Å². The van der Waals surface area contributed by atoms with Crippen molar-refractivity contribution in [1.82, 2.24) is 9.80 Å². The van der Waals surface area contributed by atoms with Crippen LogP contribution < -0.4 is 9.47 Å². The smallest absolute Gasteiger partial charge is 0.295 e. The predicted octanol–water partition coefficient (Wildman–Crippen LogP) is 2.46. The zero-order valence-electron chi connectivity index (χ0n) is 18.8. The van der Waals surface area contributed by atoms with E-state index in [1.54, 1.807) is 55.5 Å². The summed E-state index contributed by atoms with van der Waals surface area (Å²) < 4.78 is 15.8. The van der Waals surface area contributed by atoms with Gasteiger partial charge >= 0.3 is 0 Å². The van der Waals surface area contributed by atoms with Crippen LogP contribution >= 0.6 is 0 Å². The van der Waals surface area contributed by atoms with Gasteiger partial charge in [0.1, 0.15) is 17.3 Å². The minimum absolute atomic E-state index is 0.0808. The Morgan fingerprint density at radius 1 is 0.939 bits per heavy atom. The molecule has 2 fully saturated rings. The number of rotatable bonds is 7. The lowest BCUT2D eigenvalue weighted by Gasteiger charge is -2.31. The lowest BCUT2D eigenvalue weighted by molar-refractivity contribution is -0.140. The molecule has 1 atom stereocenters. The van der Waals surface area contributed by atoms with Gasteiger partial charge in [-0.3, -0.25) is 14.5 Å². The van der Waals surface area contributed by atoms with Gasteiger partial charge in [0.15, 0.2) is 0 Å². The molecule has 0 aliphatic carbocycles. The first-order valence-electron chi connectivity index (χ1n) is 10.9. The van der Waals surface area contributed by atoms with E-state index in [1.807, 2.05) is 12.1 Å². The van der Waals surface area contributed by atoms with Gasteiger partial charge in [0.05, 0.1) is 39.0 Å². The number of carbonyl (C=O) groups excluding carboxylic acids is 2. The molecule has 0 radical (unpaired) electrons. The van der Waals surface area contributed by atoms with E-state index in [2.05, 4.69) is 4.90 Å². The van der Waals surface area contributed by atoms with Gasteiger partial charge in [0.2, 0.25) is 0 Å². The summed E-state index contributed by atoms with van der Waals surface area (Å²) in [6.07, 6.45) is 0. The summed E-state index contributed by atoms with van der Waals surface area (Å²) in [6.45, 7) is 3.84. The minimum Gasteiger partial charge on any atom is -0.507 e. The van der Waals surface area contributed by atoms with E-state index in [4.69, 9.17) is 14.2 Å². The average Bonchev–Trinajstić information content (AvgIpc) is 3.12. The van der Waals surface area contributed by atoms with Crippen LogP contribution in [0.1, 0.15) is 17.2 Å². The van der Waals surface area contributed by atoms with Crippen LogP contribution in [0.5, 0.6) is 11.5 Å². The largest absolute Gasteiger partial charge is 0.507 e. The fourth-order valence-electron chi connectivity index (χ4n) is 4.22. The highest BCUT2D eigenvalue weighted by Gasteiger charge is 2.46. The second-order valence-electron chi connectivity index (χ2n) is 7.95. The van der Waals surface area contributed by atoms with Gasteiger partial charge in [-0.25, -0.2) is 0 Å². The molecule has 1 N–H and O–H groups in total. The van der Waals surface area contributed by atoms with E-state index >= 15 is 0 Å². The Morgan fingerprint density at radius 3 is 2.09 bits per heavy atom. The zero-order chi connectivity index (χ0) is 23.4. The molecule has 0 aromatic heterocycles. The van der Waals surface area contributed by atoms with Crippen molar-refractivity contribution < 1.29 is 28.9 Å². The van der Waals surface area contributed by atoms with Crippen molar-refractivity contribution in [3.63, 3.8) is 0 Å². The van der Waals surface area contributed by atoms with Crippen LogP contribution in [0.3, 0.4) is 0 Å². The van der Waals surface area contributed by atoms with Gasteiger partial charge in [0.25, 0.3) is 11.7 Å². The third-order valence-corrected chi connectivity index (χ3v) is 6.10. The second kappa shape index (κ2) is 10.1. The molecule has 2 aromatic carbocycles. The van der Waals surface area contributed by atoms with Gasteiger partial charge < -0.3 is 24.2 Å². The normalized spacial score (nSPS) is 20.8. The summed E-state index contributed by atoms with van der Waals surface area (Å²) >= 11 is 0. The topological polar surface area (TPSA) is 88.5 Å². The molecule has 2 saturated heterocycles.